The molecule has 0 N–H and O–H groups in total. The molecule has 0 unspecified atom stereocenters. The topological polar surface area (TPSA) is 37.4 Å². The largest absolute Gasteiger partial charge is 0.416 e. The van der Waals surface area contributed by atoms with Crippen molar-refractivity contribution in [3.05, 3.63) is 34.9 Å². The fourth-order valence-electron chi connectivity index (χ4n) is 2.78. The maximum atomic E-state index is 12.7. The molecule has 2 rings (SSSR count). The fraction of sp³-hybridized carbons (Fsp3) is 0.647. The van der Waals surface area contributed by atoms with Gasteiger partial charge in [0.2, 0.25) is 10.0 Å². The molecular formula is C17H26F3NO2S. The van der Waals surface area contributed by atoms with Gasteiger partial charge in [0.15, 0.2) is 0 Å². The average Bonchev–Trinajstić information content (AvgIpc) is 2.46. The molecule has 1 saturated heterocycles. The molecule has 1 aromatic rings. The monoisotopic (exact) mass is 365 g/mol. The molecule has 0 atom stereocenters. The molecule has 1 aliphatic rings. The van der Waals surface area contributed by atoms with Crippen LogP contribution in [0.3, 0.4) is 0 Å². The summed E-state index contributed by atoms with van der Waals surface area (Å²) in [5.41, 5.74) is 0.457. The van der Waals surface area contributed by atoms with Crippen LogP contribution in [0.2, 0.25) is 0 Å². The molecule has 7 heteroatoms. The summed E-state index contributed by atoms with van der Waals surface area (Å²) in [5, 5.41) is 0. The Kier molecular flexibility index (Phi) is 7.28. The Bertz CT molecular complexity index is 634. The first-order chi connectivity index (χ1) is 11.0. The molecular weight excluding hydrogens is 339 g/mol. The van der Waals surface area contributed by atoms with E-state index in [2.05, 4.69) is 13.8 Å². The predicted molar refractivity (Wildman–Crippen MR) is 90.5 cm³/mol. The van der Waals surface area contributed by atoms with Crippen LogP contribution in [-0.2, 0) is 16.2 Å². The predicted octanol–water partition coefficient (Wildman–Crippen LogP) is 4.57. The van der Waals surface area contributed by atoms with E-state index in [-0.39, 0.29) is 11.5 Å². The van der Waals surface area contributed by atoms with Crippen molar-refractivity contribution in [1.82, 2.24) is 4.31 Å². The van der Waals surface area contributed by atoms with E-state index in [1.165, 1.54) is 30.0 Å². The minimum atomic E-state index is -4.33. The summed E-state index contributed by atoms with van der Waals surface area (Å²) in [4.78, 5) is 0. The number of halogens is 3. The standard InChI is InChI=1S/C14H18F3NO2S.C3H8/c1-10-9-12(3-4-13(10)14(15,16)17)11-5-7-18(8-6-11)21(2,19)20;1-3-2/h3-4,9,11H,5-8H2,1-2H3;3H2,1-2H3. The van der Waals surface area contributed by atoms with Crippen LogP contribution in [-0.4, -0.2) is 32.1 Å². The highest BCUT2D eigenvalue weighted by atomic mass is 32.2. The normalized spacial score (nSPS) is 17.3. The third kappa shape index (κ3) is 5.77. The number of aryl methyl sites for hydroxylation is 1. The second-order valence-electron chi connectivity index (χ2n) is 6.22. The van der Waals surface area contributed by atoms with E-state index < -0.39 is 21.8 Å². The maximum Gasteiger partial charge on any atom is 0.416 e. The quantitative estimate of drug-likeness (QED) is 0.770. The van der Waals surface area contributed by atoms with Gasteiger partial charge in [0.1, 0.15) is 0 Å². The van der Waals surface area contributed by atoms with Gasteiger partial charge in [-0.1, -0.05) is 32.4 Å². The van der Waals surface area contributed by atoms with Crippen molar-refractivity contribution in [1.29, 1.82) is 0 Å². The van der Waals surface area contributed by atoms with Crippen molar-refractivity contribution in [3.8, 4) is 0 Å². The first kappa shape index (κ1) is 21.0. The Hall–Kier alpha value is -1.08. The molecule has 0 saturated carbocycles. The van der Waals surface area contributed by atoms with E-state index >= 15 is 0 Å². The molecule has 138 valence electrons. The number of benzene rings is 1. The second-order valence-corrected chi connectivity index (χ2v) is 8.20. The number of rotatable bonds is 2. The summed E-state index contributed by atoms with van der Waals surface area (Å²) in [6.07, 6.45) is -0.631. The minimum absolute atomic E-state index is 0.115. The van der Waals surface area contributed by atoms with E-state index in [0.717, 1.165) is 11.6 Å². The molecule has 3 nitrogen and oxygen atoms in total. The van der Waals surface area contributed by atoms with Crippen LogP contribution in [0.15, 0.2) is 18.2 Å². The van der Waals surface area contributed by atoms with Gasteiger partial charge in [0.05, 0.1) is 11.8 Å². The van der Waals surface area contributed by atoms with Gasteiger partial charge in [-0.05, 0) is 42.9 Å². The Labute approximate surface area is 142 Å². The van der Waals surface area contributed by atoms with E-state index in [1.807, 2.05) is 0 Å². The lowest BCUT2D eigenvalue weighted by molar-refractivity contribution is -0.138. The zero-order valence-electron chi connectivity index (χ0n) is 14.7. The van der Waals surface area contributed by atoms with Gasteiger partial charge in [-0.15, -0.1) is 0 Å². The smallest absolute Gasteiger partial charge is 0.213 e. The first-order valence-corrected chi connectivity index (χ1v) is 9.98. The van der Waals surface area contributed by atoms with Crippen LogP contribution in [0.1, 0.15) is 55.7 Å². The van der Waals surface area contributed by atoms with Crippen LogP contribution in [0.5, 0.6) is 0 Å². The summed E-state index contributed by atoms with van der Waals surface area (Å²) >= 11 is 0. The number of piperidine rings is 1. The summed E-state index contributed by atoms with van der Waals surface area (Å²) in [5.74, 6) is 0.115. The van der Waals surface area contributed by atoms with Crippen molar-refractivity contribution in [2.45, 2.75) is 52.1 Å². The lowest BCUT2D eigenvalue weighted by atomic mass is 9.88. The summed E-state index contributed by atoms with van der Waals surface area (Å²) in [6.45, 7) is 6.55. The summed E-state index contributed by atoms with van der Waals surface area (Å²) < 4.78 is 62.5. The van der Waals surface area contributed by atoms with E-state index in [1.54, 1.807) is 6.07 Å². The van der Waals surface area contributed by atoms with Crippen molar-refractivity contribution in [2.75, 3.05) is 19.3 Å². The zero-order valence-corrected chi connectivity index (χ0v) is 15.5. The molecule has 0 spiro atoms. The number of hydrogen-bond donors (Lipinski definition) is 0. The highest BCUT2D eigenvalue weighted by Gasteiger charge is 2.33. The third-order valence-corrected chi connectivity index (χ3v) is 5.25. The van der Waals surface area contributed by atoms with Gasteiger partial charge in [0, 0.05) is 13.1 Å². The molecule has 1 aliphatic heterocycles. The van der Waals surface area contributed by atoms with Crippen LogP contribution >= 0.6 is 0 Å². The van der Waals surface area contributed by atoms with Crippen LogP contribution < -0.4 is 0 Å². The molecule has 0 bridgehead atoms. The Balaban J connectivity index is 0.000000891. The number of sulfonamides is 1. The summed E-state index contributed by atoms with van der Waals surface area (Å²) in [7, 11) is -3.18. The molecule has 0 aliphatic carbocycles. The zero-order chi connectivity index (χ0) is 18.5. The lowest BCUT2D eigenvalue weighted by Gasteiger charge is -2.30. The molecule has 1 heterocycles. The van der Waals surface area contributed by atoms with Crippen molar-refractivity contribution >= 4 is 10.0 Å². The Morgan fingerprint density at radius 2 is 1.67 bits per heavy atom. The molecule has 0 radical (unpaired) electrons. The molecule has 24 heavy (non-hydrogen) atoms. The molecule has 0 aromatic heterocycles. The molecule has 0 amide bonds. The fourth-order valence-corrected chi connectivity index (χ4v) is 3.65. The van der Waals surface area contributed by atoms with E-state index in [9.17, 15) is 21.6 Å². The minimum Gasteiger partial charge on any atom is -0.213 e. The van der Waals surface area contributed by atoms with Crippen LogP contribution in [0, 0.1) is 6.92 Å². The number of hydrogen-bond acceptors (Lipinski definition) is 2. The maximum absolute atomic E-state index is 12.7. The SMILES string of the molecule is CCC.Cc1cc(C2CCN(S(C)(=O)=O)CC2)ccc1C(F)(F)F. The van der Waals surface area contributed by atoms with Gasteiger partial charge in [-0.2, -0.15) is 13.2 Å². The van der Waals surface area contributed by atoms with Crippen molar-refractivity contribution in [3.63, 3.8) is 0 Å². The van der Waals surface area contributed by atoms with Gasteiger partial charge in [-0.3, -0.25) is 0 Å². The Morgan fingerprint density at radius 1 is 1.17 bits per heavy atom. The highest BCUT2D eigenvalue weighted by molar-refractivity contribution is 7.88. The molecule has 1 fully saturated rings. The summed E-state index contributed by atoms with van der Waals surface area (Å²) in [6, 6.07) is 4.20. The van der Waals surface area contributed by atoms with E-state index in [4.69, 9.17) is 0 Å². The second kappa shape index (κ2) is 8.34. The average molecular weight is 365 g/mol. The third-order valence-electron chi connectivity index (χ3n) is 3.95. The van der Waals surface area contributed by atoms with Gasteiger partial charge < -0.3 is 0 Å². The molecule has 1 aromatic carbocycles. The first-order valence-electron chi connectivity index (χ1n) is 8.13. The van der Waals surface area contributed by atoms with Gasteiger partial charge in [0.25, 0.3) is 0 Å². The van der Waals surface area contributed by atoms with Crippen LogP contribution in [0.25, 0.3) is 0 Å². The lowest BCUT2D eigenvalue weighted by Crippen LogP contribution is -2.37. The van der Waals surface area contributed by atoms with Gasteiger partial charge >= 0.3 is 6.18 Å². The van der Waals surface area contributed by atoms with Gasteiger partial charge in [-0.25, -0.2) is 12.7 Å². The van der Waals surface area contributed by atoms with Crippen molar-refractivity contribution < 1.29 is 21.6 Å². The number of nitrogens with zero attached hydrogens (tertiary/aromatic N) is 1. The van der Waals surface area contributed by atoms with Crippen LogP contribution in [0.4, 0.5) is 13.2 Å². The van der Waals surface area contributed by atoms with E-state index in [0.29, 0.717) is 25.9 Å². The Morgan fingerprint density at radius 3 is 2.04 bits per heavy atom. The highest BCUT2D eigenvalue weighted by Crippen LogP contribution is 2.35. The number of alkyl halides is 3. The van der Waals surface area contributed by atoms with Crippen molar-refractivity contribution in [2.24, 2.45) is 0 Å².